The summed E-state index contributed by atoms with van der Waals surface area (Å²) in [6.07, 6.45) is 0. The molecule has 0 bridgehead atoms. The van der Waals surface area contributed by atoms with Crippen molar-refractivity contribution in [2.45, 2.75) is 6.92 Å². The zero-order chi connectivity index (χ0) is 15.2. The van der Waals surface area contributed by atoms with Crippen LogP contribution in [0.3, 0.4) is 0 Å². The van der Waals surface area contributed by atoms with Crippen LogP contribution in [0.2, 0.25) is 0 Å². The van der Waals surface area contributed by atoms with E-state index in [0.717, 1.165) is 10.0 Å². The molecule has 1 aromatic heterocycles. The number of halogens is 1. The second-order valence-electron chi connectivity index (χ2n) is 4.48. The highest BCUT2D eigenvalue weighted by atomic mass is 79.9. The van der Waals surface area contributed by atoms with E-state index in [4.69, 9.17) is 0 Å². The molecule has 0 radical (unpaired) electrons. The minimum Gasteiger partial charge on any atom is -0.350 e. The Morgan fingerprint density at radius 2 is 1.67 bits per heavy atom. The predicted molar refractivity (Wildman–Crippen MR) is 87.9 cm³/mol. The van der Waals surface area contributed by atoms with Crippen molar-refractivity contribution in [2.24, 2.45) is 0 Å². The lowest BCUT2D eigenvalue weighted by molar-refractivity contribution is 0.0929. The van der Waals surface area contributed by atoms with E-state index in [1.54, 1.807) is 12.1 Å². The quantitative estimate of drug-likeness (QED) is 0.799. The topological polar surface area (TPSA) is 58.2 Å². The van der Waals surface area contributed by atoms with E-state index in [9.17, 15) is 9.59 Å². The lowest BCUT2D eigenvalue weighted by Gasteiger charge is -2.07. The van der Waals surface area contributed by atoms with E-state index in [-0.39, 0.29) is 11.8 Å². The van der Waals surface area contributed by atoms with E-state index in [2.05, 4.69) is 26.6 Å². The molecular weight excluding hydrogens is 352 g/mol. The fourth-order valence-corrected chi connectivity index (χ4v) is 3.16. The van der Waals surface area contributed by atoms with E-state index in [0.29, 0.717) is 23.5 Å². The van der Waals surface area contributed by atoms with Crippen molar-refractivity contribution in [1.29, 1.82) is 0 Å². The molecule has 110 valence electrons. The van der Waals surface area contributed by atoms with Gasteiger partial charge in [-0.05, 0) is 46.4 Å². The van der Waals surface area contributed by atoms with Crippen molar-refractivity contribution in [1.82, 2.24) is 10.6 Å². The number of hydrogen-bond acceptors (Lipinski definition) is 3. The van der Waals surface area contributed by atoms with Crippen LogP contribution < -0.4 is 10.6 Å². The van der Waals surface area contributed by atoms with Gasteiger partial charge in [-0.1, -0.05) is 17.7 Å². The Morgan fingerprint density at radius 1 is 1.05 bits per heavy atom. The van der Waals surface area contributed by atoms with Crippen molar-refractivity contribution >= 4 is 39.1 Å². The Morgan fingerprint density at radius 3 is 2.24 bits per heavy atom. The Labute approximate surface area is 135 Å². The molecule has 0 aliphatic rings. The van der Waals surface area contributed by atoms with E-state index < -0.39 is 0 Å². The van der Waals surface area contributed by atoms with Gasteiger partial charge in [-0.2, -0.15) is 0 Å². The molecule has 0 unspecified atom stereocenters. The van der Waals surface area contributed by atoms with Gasteiger partial charge in [-0.15, -0.1) is 11.3 Å². The number of carbonyl (C=O) groups is 2. The summed E-state index contributed by atoms with van der Waals surface area (Å²) in [5.74, 6) is -0.275. The zero-order valence-electron chi connectivity index (χ0n) is 11.5. The normalized spacial score (nSPS) is 10.2. The van der Waals surface area contributed by atoms with Crippen molar-refractivity contribution in [2.75, 3.05) is 13.1 Å². The van der Waals surface area contributed by atoms with Crippen LogP contribution in [0.5, 0.6) is 0 Å². The van der Waals surface area contributed by atoms with Crippen LogP contribution in [0.25, 0.3) is 0 Å². The van der Waals surface area contributed by atoms with Gasteiger partial charge in [-0.3, -0.25) is 9.59 Å². The lowest BCUT2D eigenvalue weighted by Crippen LogP contribution is -2.34. The first kappa shape index (κ1) is 15.7. The molecule has 2 aromatic rings. The highest BCUT2D eigenvalue weighted by molar-refractivity contribution is 9.10. The molecule has 0 fully saturated rings. The van der Waals surface area contributed by atoms with Gasteiger partial charge in [0.25, 0.3) is 11.8 Å². The molecule has 6 heteroatoms. The van der Waals surface area contributed by atoms with Gasteiger partial charge in [0.15, 0.2) is 0 Å². The second kappa shape index (κ2) is 7.38. The number of benzene rings is 1. The molecule has 0 spiro atoms. The minimum absolute atomic E-state index is 0.137. The first-order valence-corrected chi connectivity index (χ1v) is 8.11. The summed E-state index contributed by atoms with van der Waals surface area (Å²) in [5.41, 5.74) is 1.73. The molecule has 4 nitrogen and oxygen atoms in total. The molecule has 21 heavy (non-hydrogen) atoms. The summed E-state index contributed by atoms with van der Waals surface area (Å²) in [7, 11) is 0. The van der Waals surface area contributed by atoms with Crippen molar-refractivity contribution in [3.63, 3.8) is 0 Å². The van der Waals surface area contributed by atoms with Gasteiger partial charge in [0.05, 0.1) is 0 Å². The van der Waals surface area contributed by atoms with Gasteiger partial charge < -0.3 is 10.6 Å². The van der Waals surface area contributed by atoms with Gasteiger partial charge in [0.2, 0.25) is 0 Å². The predicted octanol–water partition coefficient (Wildman–Crippen LogP) is 2.98. The third-order valence-corrected chi connectivity index (χ3v) is 4.67. The molecule has 1 heterocycles. The van der Waals surface area contributed by atoms with Gasteiger partial charge in [0, 0.05) is 23.1 Å². The van der Waals surface area contributed by atoms with E-state index in [1.807, 2.05) is 30.5 Å². The molecule has 2 rings (SSSR count). The van der Waals surface area contributed by atoms with Crippen LogP contribution in [0.15, 0.2) is 40.2 Å². The number of thiophene rings is 1. The summed E-state index contributed by atoms with van der Waals surface area (Å²) in [6, 6.07) is 9.19. The zero-order valence-corrected chi connectivity index (χ0v) is 13.9. The smallest absolute Gasteiger partial charge is 0.262 e. The Balaban J connectivity index is 1.75. The standard InChI is InChI=1S/C15H15BrN2O2S/c1-10-2-4-11(5-3-10)14(19)17-7-8-18-15(20)13-12(16)6-9-21-13/h2-6,9H,7-8H2,1H3,(H,17,19)(H,18,20). The Hall–Kier alpha value is -1.66. The van der Waals surface area contributed by atoms with Crippen LogP contribution in [-0.4, -0.2) is 24.9 Å². The van der Waals surface area contributed by atoms with Gasteiger partial charge >= 0.3 is 0 Å². The number of rotatable bonds is 5. The third kappa shape index (κ3) is 4.41. The summed E-state index contributed by atoms with van der Waals surface area (Å²) >= 11 is 4.69. The minimum atomic E-state index is -0.138. The lowest BCUT2D eigenvalue weighted by atomic mass is 10.1. The highest BCUT2D eigenvalue weighted by Gasteiger charge is 2.10. The number of carbonyl (C=O) groups excluding carboxylic acids is 2. The molecular formula is C15H15BrN2O2S. The van der Waals surface area contributed by atoms with Gasteiger partial charge in [0.1, 0.15) is 4.88 Å². The average Bonchev–Trinajstić information content (AvgIpc) is 2.90. The molecule has 2 amide bonds. The molecule has 0 atom stereocenters. The third-order valence-electron chi connectivity index (χ3n) is 2.83. The number of nitrogens with one attached hydrogen (secondary N) is 2. The van der Waals surface area contributed by atoms with E-state index >= 15 is 0 Å². The van der Waals surface area contributed by atoms with Crippen LogP contribution >= 0.6 is 27.3 Å². The molecule has 0 saturated heterocycles. The van der Waals surface area contributed by atoms with Crippen LogP contribution in [0.4, 0.5) is 0 Å². The fraction of sp³-hybridized carbons (Fsp3) is 0.200. The van der Waals surface area contributed by atoms with Crippen molar-refractivity contribution in [3.05, 3.63) is 56.2 Å². The first-order valence-electron chi connectivity index (χ1n) is 6.44. The maximum absolute atomic E-state index is 11.9. The van der Waals surface area contributed by atoms with Gasteiger partial charge in [-0.25, -0.2) is 0 Å². The SMILES string of the molecule is Cc1ccc(C(=O)NCCNC(=O)c2sccc2Br)cc1. The average molecular weight is 367 g/mol. The number of amides is 2. The van der Waals surface area contributed by atoms with Crippen molar-refractivity contribution < 1.29 is 9.59 Å². The highest BCUT2D eigenvalue weighted by Crippen LogP contribution is 2.22. The van der Waals surface area contributed by atoms with E-state index in [1.165, 1.54) is 11.3 Å². The maximum Gasteiger partial charge on any atom is 0.262 e. The summed E-state index contributed by atoms with van der Waals surface area (Å²) in [6.45, 7) is 2.75. The van der Waals surface area contributed by atoms with Crippen LogP contribution in [0.1, 0.15) is 25.6 Å². The largest absolute Gasteiger partial charge is 0.350 e. The fourth-order valence-electron chi connectivity index (χ4n) is 1.70. The monoisotopic (exact) mass is 366 g/mol. The Bertz CT molecular complexity index is 637. The van der Waals surface area contributed by atoms with Crippen LogP contribution in [0, 0.1) is 6.92 Å². The van der Waals surface area contributed by atoms with Crippen LogP contribution in [-0.2, 0) is 0 Å². The molecule has 0 aliphatic carbocycles. The summed E-state index contributed by atoms with van der Waals surface area (Å²) in [5, 5.41) is 7.39. The Kier molecular flexibility index (Phi) is 5.52. The maximum atomic E-state index is 11.9. The second-order valence-corrected chi connectivity index (χ2v) is 6.25. The van der Waals surface area contributed by atoms with Crippen molar-refractivity contribution in [3.8, 4) is 0 Å². The molecule has 0 aliphatic heterocycles. The number of aryl methyl sites for hydroxylation is 1. The first-order chi connectivity index (χ1) is 10.1. The molecule has 2 N–H and O–H groups in total. The number of hydrogen-bond donors (Lipinski definition) is 2. The summed E-state index contributed by atoms with van der Waals surface area (Å²) in [4.78, 5) is 24.3. The summed E-state index contributed by atoms with van der Waals surface area (Å²) < 4.78 is 0.786. The molecule has 0 saturated carbocycles. The molecule has 1 aromatic carbocycles.